The van der Waals surface area contributed by atoms with Crippen molar-refractivity contribution >= 4 is 5.78 Å². The maximum atomic E-state index is 12.4. The Balaban J connectivity index is 2.13. The Morgan fingerprint density at radius 1 is 1.00 bits per heavy atom. The Labute approximate surface area is 115 Å². The fraction of sp³-hybridized carbons (Fsp3) is 0.278. The van der Waals surface area contributed by atoms with Crippen molar-refractivity contribution in [3.8, 4) is 0 Å². The molecule has 0 radical (unpaired) electrons. The van der Waals surface area contributed by atoms with E-state index in [4.69, 9.17) is 0 Å². The fourth-order valence-electron chi connectivity index (χ4n) is 2.37. The predicted octanol–water partition coefficient (Wildman–Crippen LogP) is 4.30. The van der Waals surface area contributed by atoms with Crippen molar-refractivity contribution in [3.63, 3.8) is 0 Å². The number of rotatable bonds is 5. The predicted molar refractivity (Wildman–Crippen MR) is 79.4 cm³/mol. The van der Waals surface area contributed by atoms with E-state index in [1.807, 2.05) is 30.3 Å². The molecule has 19 heavy (non-hydrogen) atoms. The van der Waals surface area contributed by atoms with Gasteiger partial charge in [-0.05, 0) is 24.5 Å². The van der Waals surface area contributed by atoms with E-state index in [1.165, 1.54) is 5.56 Å². The lowest BCUT2D eigenvalue weighted by atomic mass is 9.89. The van der Waals surface area contributed by atoms with Crippen LogP contribution in [0.3, 0.4) is 0 Å². The molecule has 0 bridgehead atoms. The van der Waals surface area contributed by atoms with E-state index < -0.39 is 0 Å². The van der Waals surface area contributed by atoms with Crippen molar-refractivity contribution in [1.82, 2.24) is 0 Å². The molecule has 0 heterocycles. The Hall–Kier alpha value is -1.89. The average molecular weight is 252 g/mol. The van der Waals surface area contributed by atoms with Crippen molar-refractivity contribution in [2.75, 3.05) is 0 Å². The Morgan fingerprint density at radius 3 is 2.21 bits per heavy atom. The molecule has 1 atom stereocenters. The topological polar surface area (TPSA) is 17.1 Å². The summed E-state index contributed by atoms with van der Waals surface area (Å²) in [5.74, 6) is 0.318. The first-order valence-corrected chi connectivity index (χ1v) is 6.84. The van der Waals surface area contributed by atoms with Crippen molar-refractivity contribution in [1.29, 1.82) is 0 Å². The van der Waals surface area contributed by atoms with E-state index in [0.29, 0.717) is 12.2 Å². The molecule has 0 aromatic heterocycles. The second-order valence-electron chi connectivity index (χ2n) is 5.00. The highest BCUT2D eigenvalue weighted by Gasteiger charge is 2.18. The van der Waals surface area contributed by atoms with Gasteiger partial charge < -0.3 is 0 Å². The number of ketones is 1. The van der Waals surface area contributed by atoms with Crippen LogP contribution < -0.4 is 0 Å². The molecule has 1 heteroatoms. The highest BCUT2D eigenvalue weighted by Crippen LogP contribution is 2.22. The molecule has 0 amide bonds. The quantitative estimate of drug-likeness (QED) is 0.775. The number of carbonyl (C=O) groups is 1. The molecule has 98 valence electrons. The average Bonchev–Trinajstić information content (AvgIpc) is 2.43. The molecular formula is C18H20O. The van der Waals surface area contributed by atoms with Crippen LogP contribution in [-0.4, -0.2) is 5.78 Å². The van der Waals surface area contributed by atoms with E-state index in [1.54, 1.807) is 0 Å². The first-order chi connectivity index (χ1) is 9.20. The van der Waals surface area contributed by atoms with Crippen LogP contribution in [0.15, 0.2) is 54.6 Å². The monoisotopic (exact) mass is 252 g/mol. The van der Waals surface area contributed by atoms with Gasteiger partial charge in [0.1, 0.15) is 5.78 Å². The summed E-state index contributed by atoms with van der Waals surface area (Å²) in [6, 6.07) is 18.3. The molecule has 0 saturated carbocycles. The normalized spacial score (nSPS) is 12.1. The number of hydrogen-bond donors (Lipinski definition) is 0. The number of hydrogen-bond acceptors (Lipinski definition) is 1. The summed E-state index contributed by atoms with van der Waals surface area (Å²) in [4.78, 5) is 12.4. The molecule has 0 aliphatic rings. The van der Waals surface area contributed by atoms with Gasteiger partial charge in [-0.1, -0.05) is 67.1 Å². The Bertz CT molecular complexity index is 525. The molecule has 1 nitrogen and oxygen atoms in total. The summed E-state index contributed by atoms with van der Waals surface area (Å²) >= 11 is 0. The largest absolute Gasteiger partial charge is 0.299 e. The lowest BCUT2D eigenvalue weighted by Gasteiger charge is -2.14. The minimum Gasteiger partial charge on any atom is -0.299 e. The molecule has 0 spiro atoms. The van der Waals surface area contributed by atoms with E-state index in [9.17, 15) is 4.79 Å². The summed E-state index contributed by atoms with van der Waals surface area (Å²) in [6.07, 6.45) is 1.38. The third kappa shape index (κ3) is 3.54. The second-order valence-corrected chi connectivity index (χ2v) is 5.00. The molecule has 0 aliphatic heterocycles. The maximum Gasteiger partial charge on any atom is 0.144 e. The lowest BCUT2D eigenvalue weighted by Crippen LogP contribution is -2.14. The zero-order chi connectivity index (χ0) is 13.7. The van der Waals surface area contributed by atoms with E-state index >= 15 is 0 Å². The van der Waals surface area contributed by atoms with Crippen molar-refractivity contribution in [2.45, 2.75) is 32.6 Å². The molecule has 2 aromatic carbocycles. The van der Waals surface area contributed by atoms with Crippen molar-refractivity contribution in [3.05, 3.63) is 71.3 Å². The van der Waals surface area contributed by atoms with Gasteiger partial charge in [0.05, 0.1) is 0 Å². The van der Waals surface area contributed by atoms with Crippen LogP contribution in [0.1, 0.15) is 36.0 Å². The first-order valence-electron chi connectivity index (χ1n) is 6.84. The molecular weight excluding hydrogens is 232 g/mol. The summed E-state index contributed by atoms with van der Waals surface area (Å²) in [5, 5.41) is 0. The molecule has 0 aliphatic carbocycles. The Kier molecular flexibility index (Phi) is 4.51. The minimum absolute atomic E-state index is 0.0146. The minimum atomic E-state index is 0.0146. The summed E-state index contributed by atoms with van der Waals surface area (Å²) in [5.41, 5.74) is 3.46. The van der Waals surface area contributed by atoms with Gasteiger partial charge in [-0.15, -0.1) is 0 Å². The zero-order valence-electron chi connectivity index (χ0n) is 11.6. The number of Topliss-reactive ketones (excluding diaryl/α,β-unsaturated/α-hetero) is 1. The standard InChI is InChI=1S/C18H20O/c1-3-17(16-11-9-14(2)10-12-16)18(19)13-15-7-5-4-6-8-15/h4-12,17H,3,13H2,1-2H3. The SMILES string of the molecule is CCC(C(=O)Cc1ccccc1)c1ccc(C)cc1. The zero-order valence-corrected chi connectivity index (χ0v) is 11.6. The molecule has 1 unspecified atom stereocenters. The molecule has 2 aromatic rings. The van der Waals surface area contributed by atoms with Crippen molar-refractivity contribution < 1.29 is 4.79 Å². The molecule has 0 fully saturated rings. The summed E-state index contributed by atoms with van der Waals surface area (Å²) in [7, 11) is 0. The van der Waals surface area contributed by atoms with Gasteiger partial charge in [-0.2, -0.15) is 0 Å². The van der Waals surface area contributed by atoms with Gasteiger partial charge in [0.25, 0.3) is 0 Å². The van der Waals surface area contributed by atoms with E-state index in [-0.39, 0.29) is 5.92 Å². The van der Waals surface area contributed by atoms with Crippen LogP contribution in [0, 0.1) is 6.92 Å². The highest BCUT2D eigenvalue weighted by atomic mass is 16.1. The third-order valence-electron chi connectivity index (χ3n) is 3.50. The van der Waals surface area contributed by atoms with Gasteiger partial charge in [0.15, 0.2) is 0 Å². The smallest absolute Gasteiger partial charge is 0.144 e. The van der Waals surface area contributed by atoms with E-state index in [0.717, 1.165) is 17.5 Å². The third-order valence-corrected chi connectivity index (χ3v) is 3.50. The van der Waals surface area contributed by atoms with Gasteiger partial charge in [-0.3, -0.25) is 4.79 Å². The van der Waals surface area contributed by atoms with Gasteiger partial charge in [0, 0.05) is 12.3 Å². The van der Waals surface area contributed by atoms with Crippen molar-refractivity contribution in [2.24, 2.45) is 0 Å². The highest BCUT2D eigenvalue weighted by molar-refractivity contribution is 5.87. The van der Waals surface area contributed by atoms with Crippen LogP contribution in [0.2, 0.25) is 0 Å². The number of carbonyl (C=O) groups excluding carboxylic acids is 1. The van der Waals surface area contributed by atoms with Crippen LogP contribution in [0.4, 0.5) is 0 Å². The van der Waals surface area contributed by atoms with Gasteiger partial charge in [0.2, 0.25) is 0 Å². The number of aryl methyl sites for hydroxylation is 1. The molecule has 0 N–H and O–H groups in total. The van der Waals surface area contributed by atoms with Crippen LogP contribution >= 0.6 is 0 Å². The van der Waals surface area contributed by atoms with Gasteiger partial charge in [-0.25, -0.2) is 0 Å². The number of benzene rings is 2. The lowest BCUT2D eigenvalue weighted by molar-refractivity contribution is -0.119. The van der Waals surface area contributed by atoms with Crippen LogP contribution in [-0.2, 0) is 11.2 Å². The van der Waals surface area contributed by atoms with Crippen LogP contribution in [0.5, 0.6) is 0 Å². The summed E-state index contributed by atoms with van der Waals surface area (Å²) in [6.45, 7) is 4.14. The maximum absolute atomic E-state index is 12.4. The fourth-order valence-corrected chi connectivity index (χ4v) is 2.37. The van der Waals surface area contributed by atoms with Gasteiger partial charge >= 0.3 is 0 Å². The Morgan fingerprint density at radius 2 is 1.63 bits per heavy atom. The molecule has 2 rings (SSSR count). The van der Waals surface area contributed by atoms with Crippen LogP contribution in [0.25, 0.3) is 0 Å². The first kappa shape index (κ1) is 13.5. The second kappa shape index (κ2) is 6.33. The molecule has 0 saturated heterocycles. The van der Waals surface area contributed by atoms with E-state index in [2.05, 4.69) is 38.1 Å². The summed E-state index contributed by atoms with van der Waals surface area (Å²) < 4.78 is 0.